The molecule has 3 aliphatic carbocycles. The van der Waals surface area contributed by atoms with Gasteiger partial charge in [-0.3, -0.25) is 9.59 Å². The van der Waals surface area contributed by atoms with E-state index in [2.05, 4.69) is 51.3 Å². The highest BCUT2D eigenvalue weighted by Crippen LogP contribution is 2.65. The van der Waals surface area contributed by atoms with Crippen molar-refractivity contribution in [2.75, 3.05) is 0 Å². The lowest BCUT2D eigenvalue weighted by atomic mass is 9.48. The van der Waals surface area contributed by atoms with Crippen molar-refractivity contribution >= 4 is 11.8 Å². The van der Waals surface area contributed by atoms with Gasteiger partial charge in [0.05, 0.1) is 0 Å². The van der Waals surface area contributed by atoms with Gasteiger partial charge in [-0.05, 0) is 88.0 Å². The smallest absolute Gasteiger partial charge is 0.243 e. The molecule has 0 radical (unpaired) electrons. The molecule has 0 aromatic rings. The van der Waals surface area contributed by atoms with E-state index < -0.39 is 0 Å². The first kappa shape index (κ1) is 20.0. The molecule has 2 amide bonds. The minimum absolute atomic E-state index is 0.0673. The van der Waals surface area contributed by atoms with E-state index >= 15 is 0 Å². The van der Waals surface area contributed by atoms with Crippen molar-refractivity contribution in [1.82, 2.24) is 10.6 Å². The number of rotatable bonds is 3. The van der Waals surface area contributed by atoms with Crippen molar-refractivity contribution in [2.24, 2.45) is 34.5 Å². The van der Waals surface area contributed by atoms with Crippen LogP contribution in [0.15, 0.2) is 12.2 Å². The van der Waals surface area contributed by atoms with Crippen molar-refractivity contribution in [3.8, 4) is 0 Å². The summed E-state index contributed by atoms with van der Waals surface area (Å²) in [4.78, 5) is 25.1. The minimum Gasteiger partial charge on any atom is -0.351 e. The third-order valence-electron chi connectivity index (χ3n) is 9.35. The third kappa shape index (κ3) is 2.93. The van der Waals surface area contributed by atoms with Gasteiger partial charge in [-0.25, -0.2) is 0 Å². The Labute approximate surface area is 170 Å². The van der Waals surface area contributed by atoms with Crippen LogP contribution in [0.25, 0.3) is 0 Å². The van der Waals surface area contributed by atoms with Crippen LogP contribution in [0.3, 0.4) is 0 Å². The van der Waals surface area contributed by atoms with E-state index in [4.69, 9.17) is 0 Å². The van der Waals surface area contributed by atoms with Crippen LogP contribution in [0.5, 0.6) is 0 Å². The summed E-state index contributed by atoms with van der Waals surface area (Å²) >= 11 is 0. The van der Waals surface area contributed by atoms with Crippen molar-refractivity contribution in [2.45, 2.75) is 91.1 Å². The maximum atomic E-state index is 13.2. The van der Waals surface area contributed by atoms with Crippen LogP contribution in [0, 0.1) is 34.5 Å². The molecule has 4 heteroatoms. The molecule has 156 valence electrons. The number of amides is 2. The quantitative estimate of drug-likeness (QED) is 0.763. The van der Waals surface area contributed by atoms with Gasteiger partial charge in [-0.2, -0.15) is 0 Å². The second kappa shape index (κ2) is 6.60. The van der Waals surface area contributed by atoms with Crippen LogP contribution in [0.2, 0.25) is 0 Å². The van der Waals surface area contributed by atoms with E-state index in [1.807, 2.05) is 0 Å². The van der Waals surface area contributed by atoms with Crippen molar-refractivity contribution < 1.29 is 9.59 Å². The fourth-order valence-electron chi connectivity index (χ4n) is 7.27. The van der Waals surface area contributed by atoms with E-state index in [-0.39, 0.29) is 40.1 Å². The summed E-state index contributed by atoms with van der Waals surface area (Å²) in [6.45, 7) is 11.2. The second-order valence-electron chi connectivity index (χ2n) is 11.1. The Kier molecular flexibility index (Phi) is 4.71. The van der Waals surface area contributed by atoms with Crippen molar-refractivity contribution in [3.63, 3.8) is 0 Å². The van der Waals surface area contributed by atoms with Gasteiger partial charge in [0, 0.05) is 22.9 Å². The number of hydrogen-bond donors (Lipinski definition) is 2. The summed E-state index contributed by atoms with van der Waals surface area (Å²) < 4.78 is 0. The standard InChI is InChI=1S/C24H38N2O2/c1-6-22(2,3)26-21(28)18-9-8-16-15-7-10-19-24(5,14-12-20(27)25-19)17(15)11-13-23(16,18)4/h12,14-19H,6-11,13H2,1-5H3,(H,25,27)(H,26,28)/t15-,16-,17-,18+,19+,23-,24+/m0/s1. The van der Waals surface area contributed by atoms with Gasteiger partial charge in [-0.1, -0.05) is 26.8 Å². The van der Waals surface area contributed by atoms with E-state index in [1.54, 1.807) is 6.08 Å². The zero-order valence-electron chi connectivity index (χ0n) is 18.3. The number of carbonyl (C=O) groups excluding carboxylic acids is 2. The SMILES string of the molecule is CCC(C)(C)NC(=O)[C@H]1CC[C@H]2[C@@H]3CC[C@H]4NC(=O)C=C[C@]4(C)[C@H]3CC[C@]12C. The number of hydrogen-bond acceptors (Lipinski definition) is 2. The number of nitrogens with one attached hydrogen (secondary N) is 2. The van der Waals surface area contributed by atoms with Gasteiger partial charge < -0.3 is 10.6 Å². The van der Waals surface area contributed by atoms with Crippen LogP contribution < -0.4 is 10.6 Å². The minimum atomic E-state index is -0.126. The van der Waals surface area contributed by atoms with Crippen LogP contribution in [0.1, 0.15) is 79.6 Å². The van der Waals surface area contributed by atoms with Crippen LogP contribution >= 0.6 is 0 Å². The molecule has 0 unspecified atom stereocenters. The highest BCUT2D eigenvalue weighted by Gasteiger charge is 2.61. The lowest BCUT2D eigenvalue weighted by molar-refractivity contribution is -0.135. The molecule has 0 bridgehead atoms. The van der Waals surface area contributed by atoms with Crippen LogP contribution in [-0.4, -0.2) is 23.4 Å². The molecular formula is C24H38N2O2. The molecule has 4 nitrogen and oxygen atoms in total. The highest BCUT2D eigenvalue weighted by atomic mass is 16.2. The summed E-state index contributed by atoms with van der Waals surface area (Å²) in [6, 6.07) is 0.279. The molecule has 0 spiro atoms. The normalized spacial score (nSPS) is 44.9. The molecule has 2 N–H and O–H groups in total. The summed E-state index contributed by atoms with van der Waals surface area (Å²) in [7, 11) is 0. The molecule has 28 heavy (non-hydrogen) atoms. The van der Waals surface area contributed by atoms with Crippen molar-refractivity contribution in [3.05, 3.63) is 12.2 Å². The van der Waals surface area contributed by atoms with E-state index in [0.717, 1.165) is 25.7 Å². The second-order valence-corrected chi connectivity index (χ2v) is 11.1. The van der Waals surface area contributed by atoms with Gasteiger partial charge in [0.1, 0.15) is 0 Å². The summed E-state index contributed by atoms with van der Waals surface area (Å²) in [6.07, 6.45) is 11.7. The maximum absolute atomic E-state index is 13.2. The molecular weight excluding hydrogens is 348 g/mol. The molecule has 7 atom stereocenters. The Hall–Kier alpha value is -1.32. The zero-order chi connectivity index (χ0) is 20.3. The predicted molar refractivity (Wildman–Crippen MR) is 111 cm³/mol. The largest absolute Gasteiger partial charge is 0.351 e. The summed E-state index contributed by atoms with van der Waals surface area (Å²) in [5, 5.41) is 6.57. The fourth-order valence-corrected chi connectivity index (χ4v) is 7.27. The summed E-state index contributed by atoms with van der Waals surface area (Å²) in [5.41, 5.74) is 0.0714. The Morgan fingerprint density at radius 2 is 1.93 bits per heavy atom. The van der Waals surface area contributed by atoms with E-state index in [9.17, 15) is 9.59 Å². The molecule has 1 aliphatic heterocycles. The molecule has 3 saturated carbocycles. The maximum Gasteiger partial charge on any atom is 0.243 e. The molecule has 4 rings (SSSR count). The molecule has 4 aliphatic rings. The van der Waals surface area contributed by atoms with Crippen LogP contribution in [0.4, 0.5) is 0 Å². The fraction of sp³-hybridized carbons (Fsp3) is 0.833. The highest BCUT2D eigenvalue weighted by molar-refractivity contribution is 5.89. The predicted octanol–water partition coefficient (Wildman–Crippen LogP) is 4.20. The number of carbonyl (C=O) groups is 2. The molecule has 0 saturated heterocycles. The zero-order valence-corrected chi connectivity index (χ0v) is 18.3. The Balaban J connectivity index is 1.56. The van der Waals surface area contributed by atoms with Gasteiger partial charge in [-0.15, -0.1) is 0 Å². The van der Waals surface area contributed by atoms with Gasteiger partial charge in [0.15, 0.2) is 0 Å². The molecule has 0 aromatic heterocycles. The van der Waals surface area contributed by atoms with Crippen LogP contribution in [-0.2, 0) is 9.59 Å². The Morgan fingerprint density at radius 3 is 2.64 bits per heavy atom. The number of fused-ring (bicyclic) bond motifs is 5. The third-order valence-corrected chi connectivity index (χ3v) is 9.35. The van der Waals surface area contributed by atoms with E-state index in [1.165, 1.54) is 19.3 Å². The molecule has 0 aromatic carbocycles. The van der Waals surface area contributed by atoms with Gasteiger partial charge in [0.2, 0.25) is 11.8 Å². The van der Waals surface area contributed by atoms with Crippen molar-refractivity contribution in [1.29, 1.82) is 0 Å². The average molecular weight is 387 g/mol. The monoisotopic (exact) mass is 386 g/mol. The topological polar surface area (TPSA) is 58.2 Å². The average Bonchev–Trinajstić information content (AvgIpc) is 2.99. The first-order chi connectivity index (χ1) is 13.1. The molecule has 3 fully saturated rings. The summed E-state index contributed by atoms with van der Waals surface area (Å²) in [5.74, 6) is 2.43. The first-order valence-corrected chi connectivity index (χ1v) is 11.4. The van der Waals surface area contributed by atoms with Gasteiger partial charge in [0.25, 0.3) is 0 Å². The van der Waals surface area contributed by atoms with Gasteiger partial charge >= 0.3 is 0 Å². The Morgan fingerprint density at radius 1 is 1.18 bits per heavy atom. The molecule has 1 heterocycles. The first-order valence-electron chi connectivity index (χ1n) is 11.4. The van der Waals surface area contributed by atoms with E-state index in [0.29, 0.717) is 17.8 Å². The Bertz CT molecular complexity index is 699. The lowest BCUT2D eigenvalue weighted by Gasteiger charge is -2.58. The lowest BCUT2D eigenvalue weighted by Crippen LogP contribution is -2.59.